The SMILES string of the molecule is COc1ccccc1Oc1c(OCC2COC(C)(C)O2)nc(-c2ccoc2)nc1N(CC(C)C)S(=O)(=O)c1ccccc1. The third-order valence-electron chi connectivity index (χ3n) is 6.45. The van der Waals surface area contributed by atoms with E-state index in [0.29, 0.717) is 23.7 Å². The predicted molar refractivity (Wildman–Crippen MR) is 159 cm³/mol. The van der Waals surface area contributed by atoms with E-state index in [1.54, 1.807) is 48.5 Å². The smallest absolute Gasteiger partial charge is 0.265 e. The van der Waals surface area contributed by atoms with Crippen molar-refractivity contribution < 1.29 is 36.5 Å². The zero-order chi connectivity index (χ0) is 30.6. The Balaban J connectivity index is 1.71. The van der Waals surface area contributed by atoms with Gasteiger partial charge in [-0.05, 0) is 50.1 Å². The van der Waals surface area contributed by atoms with Crippen molar-refractivity contribution in [1.82, 2.24) is 9.97 Å². The average Bonchev–Trinajstić information content (AvgIpc) is 3.65. The Bertz CT molecular complexity index is 1630. The Morgan fingerprint density at radius 2 is 1.74 bits per heavy atom. The van der Waals surface area contributed by atoms with Gasteiger partial charge in [0, 0.05) is 6.54 Å². The first kappa shape index (κ1) is 30.3. The van der Waals surface area contributed by atoms with Crippen molar-refractivity contribution in [3.8, 4) is 34.5 Å². The van der Waals surface area contributed by atoms with Crippen LogP contribution < -0.4 is 18.5 Å². The third-order valence-corrected chi connectivity index (χ3v) is 8.22. The molecule has 1 atom stereocenters. The van der Waals surface area contributed by atoms with E-state index in [9.17, 15) is 8.42 Å². The van der Waals surface area contributed by atoms with Crippen molar-refractivity contribution in [2.24, 2.45) is 5.92 Å². The average molecular weight is 610 g/mol. The molecule has 2 aromatic heterocycles. The number of anilines is 1. The highest BCUT2D eigenvalue weighted by Crippen LogP contribution is 2.44. The summed E-state index contributed by atoms with van der Waals surface area (Å²) < 4.78 is 64.8. The summed E-state index contributed by atoms with van der Waals surface area (Å²) in [4.78, 5) is 9.51. The second-order valence-electron chi connectivity index (χ2n) is 10.8. The molecule has 1 unspecified atom stereocenters. The molecule has 0 aliphatic carbocycles. The van der Waals surface area contributed by atoms with Crippen LogP contribution in [0.2, 0.25) is 0 Å². The quantitative estimate of drug-likeness (QED) is 0.191. The molecule has 4 aromatic rings. The molecule has 0 radical (unpaired) electrons. The van der Waals surface area contributed by atoms with Crippen LogP contribution in [-0.2, 0) is 19.5 Å². The lowest BCUT2D eigenvalue weighted by Crippen LogP contribution is -2.35. The number of hydrogen-bond donors (Lipinski definition) is 0. The summed E-state index contributed by atoms with van der Waals surface area (Å²) in [6.07, 6.45) is 2.56. The van der Waals surface area contributed by atoms with Crippen LogP contribution in [0.5, 0.6) is 23.1 Å². The number of para-hydroxylation sites is 2. The molecule has 0 bridgehead atoms. The highest BCUT2D eigenvalue weighted by molar-refractivity contribution is 7.92. The molecule has 1 fully saturated rings. The lowest BCUT2D eigenvalue weighted by atomic mass is 10.2. The summed E-state index contributed by atoms with van der Waals surface area (Å²) in [7, 11) is -2.60. The fourth-order valence-corrected chi connectivity index (χ4v) is 6.08. The second kappa shape index (κ2) is 12.6. The summed E-state index contributed by atoms with van der Waals surface area (Å²) in [5.74, 6) is 0.0862. The van der Waals surface area contributed by atoms with Crippen LogP contribution >= 0.6 is 0 Å². The molecular weight excluding hydrogens is 574 g/mol. The minimum Gasteiger partial charge on any atom is -0.493 e. The first-order chi connectivity index (χ1) is 20.6. The van der Waals surface area contributed by atoms with Crippen LogP contribution in [0.15, 0.2) is 82.5 Å². The van der Waals surface area contributed by atoms with Gasteiger partial charge >= 0.3 is 0 Å². The van der Waals surface area contributed by atoms with Crippen LogP contribution in [0, 0.1) is 5.92 Å². The monoisotopic (exact) mass is 609 g/mol. The van der Waals surface area contributed by atoms with Crippen molar-refractivity contribution in [2.45, 2.75) is 44.5 Å². The molecule has 3 heterocycles. The molecule has 1 aliphatic rings. The van der Waals surface area contributed by atoms with Crippen molar-refractivity contribution in [1.29, 1.82) is 0 Å². The van der Waals surface area contributed by atoms with Gasteiger partial charge in [0.2, 0.25) is 5.75 Å². The molecule has 1 aliphatic heterocycles. The standard InChI is InChI=1S/C31H35N3O8S/c1-21(2)17-34(43(35,36)24-11-7-6-8-12-24)29-27(41-26-14-10-9-13-25(26)37-5)30(33-28(32-29)22-15-16-38-18-22)39-19-23-20-40-31(3,4)42-23/h6-16,18,21,23H,17,19-20H2,1-5H3. The van der Waals surface area contributed by atoms with Gasteiger partial charge in [-0.1, -0.05) is 44.2 Å². The fraction of sp³-hybridized carbons (Fsp3) is 0.355. The Morgan fingerprint density at radius 1 is 1.02 bits per heavy atom. The van der Waals surface area contributed by atoms with E-state index >= 15 is 0 Å². The largest absolute Gasteiger partial charge is 0.493 e. The van der Waals surface area contributed by atoms with Crippen LogP contribution in [0.1, 0.15) is 27.7 Å². The van der Waals surface area contributed by atoms with Gasteiger partial charge < -0.3 is 28.1 Å². The van der Waals surface area contributed by atoms with Crippen LogP contribution in [0.4, 0.5) is 5.82 Å². The molecule has 0 N–H and O–H groups in total. The molecule has 1 saturated heterocycles. The maximum Gasteiger partial charge on any atom is 0.265 e. The lowest BCUT2D eigenvalue weighted by molar-refractivity contribution is -0.141. The minimum absolute atomic E-state index is 0.00456. The molecule has 5 rings (SSSR count). The highest BCUT2D eigenvalue weighted by atomic mass is 32.2. The number of furan rings is 1. The number of rotatable bonds is 12. The number of nitrogens with zero attached hydrogens (tertiary/aromatic N) is 3. The maximum absolute atomic E-state index is 14.2. The molecule has 12 heteroatoms. The van der Waals surface area contributed by atoms with Crippen LogP contribution in [-0.4, -0.2) is 57.1 Å². The molecule has 228 valence electrons. The maximum atomic E-state index is 14.2. The van der Waals surface area contributed by atoms with E-state index in [0.717, 1.165) is 0 Å². The van der Waals surface area contributed by atoms with E-state index in [4.69, 9.17) is 33.1 Å². The Kier molecular flexibility index (Phi) is 8.90. The van der Waals surface area contributed by atoms with Crippen LogP contribution in [0.25, 0.3) is 11.4 Å². The van der Waals surface area contributed by atoms with Crippen molar-refractivity contribution >= 4 is 15.8 Å². The van der Waals surface area contributed by atoms with Gasteiger partial charge in [0.05, 0.1) is 30.4 Å². The first-order valence-electron chi connectivity index (χ1n) is 13.8. The first-order valence-corrected chi connectivity index (χ1v) is 15.3. The molecule has 0 amide bonds. The molecule has 2 aromatic carbocycles. The second-order valence-corrected chi connectivity index (χ2v) is 12.6. The van der Waals surface area contributed by atoms with Gasteiger partial charge in [-0.25, -0.2) is 17.7 Å². The fourth-order valence-electron chi connectivity index (χ4n) is 4.48. The van der Waals surface area contributed by atoms with Gasteiger partial charge in [-0.3, -0.25) is 0 Å². The molecule has 0 saturated carbocycles. The van der Waals surface area contributed by atoms with Crippen molar-refractivity contribution in [2.75, 3.05) is 31.2 Å². The number of sulfonamides is 1. The van der Waals surface area contributed by atoms with Crippen LogP contribution in [0.3, 0.4) is 0 Å². The summed E-state index contributed by atoms with van der Waals surface area (Å²) in [5, 5.41) is 0. The van der Waals surface area contributed by atoms with E-state index in [-0.39, 0.29) is 47.2 Å². The number of aromatic nitrogens is 2. The Morgan fingerprint density at radius 3 is 2.37 bits per heavy atom. The van der Waals surface area contributed by atoms with E-state index in [1.165, 1.54) is 36.1 Å². The Labute approximate surface area is 251 Å². The molecular formula is C31H35N3O8S. The van der Waals surface area contributed by atoms with Gasteiger partial charge in [0.1, 0.15) is 19.0 Å². The predicted octanol–water partition coefficient (Wildman–Crippen LogP) is 5.92. The highest BCUT2D eigenvalue weighted by Gasteiger charge is 2.36. The summed E-state index contributed by atoms with van der Waals surface area (Å²) in [5.41, 5.74) is 0.526. The Hall–Kier alpha value is -4.13. The zero-order valence-corrected chi connectivity index (χ0v) is 25.5. The van der Waals surface area contributed by atoms with Gasteiger partial charge in [-0.2, -0.15) is 4.98 Å². The normalized spacial score (nSPS) is 16.3. The van der Waals surface area contributed by atoms with E-state index in [1.807, 2.05) is 27.7 Å². The number of benzene rings is 2. The molecule has 43 heavy (non-hydrogen) atoms. The van der Waals surface area contributed by atoms with Gasteiger partial charge in [0.25, 0.3) is 15.9 Å². The topological polar surface area (TPSA) is 122 Å². The van der Waals surface area contributed by atoms with Crippen molar-refractivity contribution in [3.05, 3.63) is 73.2 Å². The number of ether oxygens (including phenoxy) is 5. The molecule has 11 nitrogen and oxygen atoms in total. The minimum atomic E-state index is -4.12. The lowest BCUT2D eigenvalue weighted by Gasteiger charge is -2.28. The number of methoxy groups -OCH3 is 1. The van der Waals surface area contributed by atoms with Gasteiger partial charge in [-0.15, -0.1) is 0 Å². The van der Waals surface area contributed by atoms with E-state index in [2.05, 4.69) is 4.98 Å². The van der Waals surface area contributed by atoms with E-state index < -0.39 is 21.9 Å². The number of hydrogen-bond acceptors (Lipinski definition) is 10. The third kappa shape index (κ3) is 6.93. The zero-order valence-electron chi connectivity index (χ0n) is 24.7. The molecule has 0 spiro atoms. The summed E-state index contributed by atoms with van der Waals surface area (Å²) in [6, 6.07) is 16.9. The van der Waals surface area contributed by atoms with Crippen molar-refractivity contribution in [3.63, 3.8) is 0 Å². The summed E-state index contributed by atoms with van der Waals surface area (Å²) in [6.45, 7) is 7.94. The van der Waals surface area contributed by atoms with Gasteiger partial charge in [0.15, 0.2) is 28.9 Å². The summed E-state index contributed by atoms with van der Waals surface area (Å²) >= 11 is 0.